The third-order valence-electron chi connectivity index (χ3n) is 8.20. The monoisotopic (exact) mass is 632 g/mol. The van der Waals surface area contributed by atoms with Crippen LogP contribution >= 0.6 is 0 Å². The zero-order chi connectivity index (χ0) is 32.8. The maximum absolute atomic E-state index is 11.9. The zero-order valence-corrected chi connectivity index (χ0v) is 28.6. The molecule has 1 aromatic carbocycles. The van der Waals surface area contributed by atoms with E-state index in [-0.39, 0.29) is 24.9 Å². The van der Waals surface area contributed by atoms with Crippen LogP contribution in [0.2, 0.25) is 0 Å². The first kappa shape index (κ1) is 40.5. The Balaban J connectivity index is 1.86. The number of carbonyl (C=O) groups is 2. The van der Waals surface area contributed by atoms with E-state index in [2.05, 4.69) is 6.92 Å². The first-order valence-corrected chi connectivity index (χ1v) is 18.0. The molecule has 0 heterocycles. The molecule has 0 aliphatic rings. The van der Waals surface area contributed by atoms with Gasteiger partial charge in [-0.15, -0.1) is 0 Å². The number of aliphatic hydroxyl groups excluding tert-OH is 1. The summed E-state index contributed by atoms with van der Waals surface area (Å²) in [5.41, 5.74) is 0.645. The summed E-state index contributed by atoms with van der Waals surface area (Å²) in [7, 11) is 1.44. The molecule has 1 unspecified atom stereocenters. The highest BCUT2D eigenvalue weighted by Crippen LogP contribution is 2.26. The van der Waals surface area contributed by atoms with Gasteiger partial charge in [0, 0.05) is 12.5 Å². The molecule has 1 atom stereocenters. The van der Waals surface area contributed by atoms with Crippen molar-refractivity contribution >= 4 is 18.0 Å². The molecule has 1 rings (SSSR count). The van der Waals surface area contributed by atoms with Crippen molar-refractivity contribution in [1.29, 1.82) is 0 Å². The fourth-order valence-electron chi connectivity index (χ4n) is 5.38. The molecule has 45 heavy (non-hydrogen) atoms. The molecule has 1 aromatic rings. The van der Waals surface area contributed by atoms with Crippen LogP contribution in [0.15, 0.2) is 24.3 Å². The molecule has 0 bridgehead atoms. The number of hydrogen-bond donors (Lipinski definition) is 2. The third-order valence-corrected chi connectivity index (χ3v) is 8.20. The lowest BCUT2D eigenvalue weighted by atomic mass is 10.0. The number of ether oxygens (including phenoxy) is 3. The lowest BCUT2D eigenvalue weighted by Gasteiger charge is -2.11. The van der Waals surface area contributed by atoms with E-state index in [4.69, 9.17) is 14.2 Å². The highest BCUT2D eigenvalue weighted by atomic mass is 16.6. The standard InChI is InChI=1S/C38H64O7/c1-3-4-5-6-7-8-9-10-11-12-13-14-15-16-17-18-19-20-21-22-23-24-25-37(41)44-31-34(39)32-45-38(42)29-27-33-26-28-35(40)36(30-33)43-2/h26-30,34,39-40H,3-25,31-32H2,1-2H3. The number of carbonyl (C=O) groups excluding carboxylic acids is 2. The van der Waals surface area contributed by atoms with Gasteiger partial charge in [0.2, 0.25) is 0 Å². The van der Waals surface area contributed by atoms with Crippen molar-refractivity contribution in [2.24, 2.45) is 0 Å². The van der Waals surface area contributed by atoms with Gasteiger partial charge >= 0.3 is 11.9 Å². The second kappa shape index (κ2) is 28.9. The number of aliphatic hydroxyl groups is 1. The molecule has 7 nitrogen and oxygen atoms in total. The Morgan fingerprint density at radius 2 is 1.13 bits per heavy atom. The summed E-state index contributed by atoms with van der Waals surface area (Å²) in [4.78, 5) is 23.8. The molecule has 0 saturated carbocycles. The Morgan fingerprint density at radius 3 is 1.60 bits per heavy atom. The van der Waals surface area contributed by atoms with Crippen molar-refractivity contribution in [3.63, 3.8) is 0 Å². The van der Waals surface area contributed by atoms with Gasteiger partial charge in [-0.1, -0.05) is 148 Å². The Bertz CT molecular complexity index is 898. The van der Waals surface area contributed by atoms with E-state index in [9.17, 15) is 19.8 Å². The smallest absolute Gasteiger partial charge is 0.330 e. The molecule has 7 heteroatoms. The van der Waals surface area contributed by atoms with Crippen molar-refractivity contribution < 1.29 is 34.0 Å². The lowest BCUT2D eigenvalue weighted by Crippen LogP contribution is -2.24. The van der Waals surface area contributed by atoms with Crippen molar-refractivity contribution in [1.82, 2.24) is 0 Å². The Morgan fingerprint density at radius 1 is 0.689 bits per heavy atom. The molecular formula is C38H64O7. The van der Waals surface area contributed by atoms with E-state index in [1.54, 1.807) is 12.1 Å². The highest BCUT2D eigenvalue weighted by molar-refractivity contribution is 5.87. The third kappa shape index (κ3) is 24.4. The van der Waals surface area contributed by atoms with Gasteiger partial charge in [0.05, 0.1) is 7.11 Å². The molecule has 0 aromatic heterocycles. The summed E-state index contributed by atoms with van der Waals surface area (Å²) in [6.07, 6.45) is 31.2. The van der Waals surface area contributed by atoms with Gasteiger partial charge in [0.15, 0.2) is 11.5 Å². The molecule has 0 saturated heterocycles. The number of unbranched alkanes of at least 4 members (excludes halogenated alkanes) is 21. The normalized spacial score (nSPS) is 12.0. The van der Waals surface area contributed by atoms with Crippen molar-refractivity contribution in [2.45, 2.75) is 161 Å². The SMILES string of the molecule is CCCCCCCCCCCCCCCCCCCCCCCCC(=O)OCC(O)COC(=O)C=Cc1ccc(O)c(OC)c1. The number of phenols is 1. The van der Waals surface area contributed by atoms with E-state index < -0.39 is 12.1 Å². The maximum Gasteiger partial charge on any atom is 0.330 e. The van der Waals surface area contributed by atoms with Gasteiger partial charge in [-0.2, -0.15) is 0 Å². The molecule has 0 spiro atoms. The largest absolute Gasteiger partial charge is 0.504 e. The molecule has 2 N–H and O–H groups in total. The second-order valence-electron chi connectivity index (χ2n) is 12.4. The highest BCUT2D eigenvalue weighted by Gasteiger charge is 2.11. The van der Waals surface area contributed by atoms with E-state index in [0.29, 0.717) is 17.7 Å². The van der Waals surface area contributed by atoms with E-state index in [1.807, 2.05) is 0 Å². The topological polar surface area (TPSA) is 102 Å². The van der Waals surface area contributed by atoms with Gasteiger partial charge in [-0.3, -0.25) is 4.79 Å². The van der Waals surface area contributed by atoms with Crippen LogP contribution in [-0.4, -0.2) is 48.6 Å². The summed E-state index contributed by atoms with van der Waals surface area (Å²) in [6.45, 7) is 1.81. The fraction of sp³-hybridized carbons (Fsp3) is 0.737. The van der Waals surface area contributed by atoms with Crippen LogP contribution in [0, 0.1) is 0 Å². The van der Waals surface area contributed by atoms with Crippen LogP contribution in [0.4, 0.5) is 0 Å². The van der Waals surface area contributed by atoms with Gasteiger partial charge in [-0.25, -0.2) is 4.79 Å². The number of esters is 2. The molecular weight excluding hydrogens is 568 g/mol. The summed E-state index contributed by atoms with van der Waals surface area (Å²) >= 11 is 0. The van der Waals surface area contributed by atoms with E-state index in [0.717, 1.165) is 19.3 Å². The van der Waals surface area contributed by atoms with Crippen molar-refractivity contribution in [3.8, 4) is 11.5 Å². The molecule has 0 aliphatic carbocycles. The molecule has 0 radical (unpaired) electrons. The number of rotatable bonds is 30. The molecule has 0 fully saturated rings. The van der Waals surface area contributed by atoms with Gasteiger partial charge in [-0.05, 0) is 30.2 Å². The quantitative estimate of drug-likeness (QED) is 0.0494. The number of hydrogen-bond acceptors (Lipinski definition) is 7. The number of phenolic OH excluding ortho intramolecular Hbond substituents is 1. The Hall–Kier alpha value is -2.54. The Kier molecular flexibility index (Phi) is 26.0. The second-order valence-corrected chi connectivity index (χ2v) is 12.4. The zero-order valence-electron chi connectivity index (χ0n) is 28.6. The summed E-state index contributed by atoms with van der Waals surface area (Å²) in [6, 6.07) is 4.67. The van der Waals surface area contributed by atoms with Crippen LogP contribution < -0.4 is 4.74 Å². The van der Waals surface area contributed by atoms with Crippen LogP contribution in [0.5, 0.6) is 11.5 Å². The summed E-state index contributed by atoms with van der Waals surface area (Å²) in [5.74, 6) is -0.675. The first-order valence-electron chi connectivity index (χ1n) is 18.0. The minimum Gasteiger partial charge on any atom is -0.504 e. The minimum absolute atomic E-state index is 0.00536. The van der Waals surface area contributed by atoms with Crippen molar-refractivity contribution in [2.75, 3.05) is 20.3 Å². The van der Waals surface area contributed by atoms with Gasteiger partial charge < -0.3 is 24.4 Å². The fourth-order valence-corrected chi connectivity index (χ4v) is 5.38. The minimum atomic E-state index is -1.08. The average Bonchev–Trinajstić information content (AvgIpc) is 3.04. The van der Waals surface area contributed by atoms with Gasteiger partial charge in [0.25, 0.3) is 0 Å². The van der Waals surface area contributed by atoms with Crippen molar-refractivity contribution in [3.05, 3.63) is 29.8 Å². The molecule has 0 aliphatic heterocycles. The number of benzene rings is 1. The predicted octanol–water partition coefficient (Wildman–Crippen LogP) is 9.85. The number of aromatic hydroxyl groups is 1. The lowest BCUT2D eigenvalue weighted by molar-refractivity contribution is -0.150. The predicted molar refractivity (Wildman–Crippen MR) is 183 cm³/mol. The number of methoxy groups -OCH3 is 1. The summed E-state index contributed by atoms with van der Waals surface area (Å²) in [5, 5.41) is 19.6. The maximum atomic E-state index is 11.9. The Labute approximate surface area is 274 Å². The van der Waals surface area contributed by atoms with Crippen LogP contribution in [-0.2, 0) is 19.1 Å². The van der Waals surface area contributed by atoms with Crippen LogP contribution in [0.3, 0.4) is 0 Å². The first-order chi connectivity index (χ1) is 22.0. The van der Waals surface area contributed by atoms with Crippen LogP contribution in [0.1, 0.15) is 160 Å². The van der Waals surface area contributed by atoms with E-state index in [1.165, 1.54) is 147 Å². The summed E-state index contributed by atoms with van der Waals surface area (Å²) < 4.78 is 15.1. The molecule has 0 amide bonds. The van der Waals surface area contributed by atoms with Gasteiger partial charge in [0.1, 0.15) is 19.3 Å². The van der Waals surface area contributed by atoms with E-state index >= 15 is 0 Å². The van der Waals surface area contributed by atoms with Crippen LogP contribution in [0.25, 0.3) is 6.08 Å². The average molecular weight is 633 g/mol. The molecule has 258 valence electrons.